The first kappa shape index (κ1) is 12.2. The van der Waals surface area contributed by atoms with Crippen molar-refractivity contribution in [2.45, 2.75) is 49.5 Å². The Labute approximate surface area is 119 Å². The Morgan fingerprint density at radius 1 is 1.10 bits per heavy atom. The van der Waals surface area contributed by atoms with E-state index in [1.807, 2.05) is 0 Å². The van der Waals surface area contributed by atoms with E-state index < -0.39 is 0 Å². The minimum absolute atomic E-state index is 0.0360. The number of rotatable bonds is 2. The largest absolute Gasteiger partial charge is 0.352 e. The fourth-order valence-corrected chi connectivity index (χ4v) is 5.80. The molecule has 3 nitrogen and oxygen atoms in total. The van der Waals surface area contributed by atoms with E-state index in [2.05, 4.69) is 35.6 Å². The zero-order valence-corrected chi connectivity index (χ0v) is 11.8. The van der Waals surface area contributed by atoms with Gasteiger partial charge in [0.15, 0.2) is 0 Å². The number of urea groups is 1. The van der Waals surface area contributed by atoms with Crippen LogP contribution in [0.4, 0.5) is 4.79 Å². The molecular weight excluding hydrogens is 248 g/mol. The zero-order valence-electron chi connectivity index (χ0n) is 11.8. The lowest BCUT2D eigenvalue weighted by Gasteiger charge is -2.62. The minimum atomic E-state index is -0.352. The van der Waals surface area contributed by atoms with Crippen LogP contribution in [0.2, 0.25) is 0 Å². The normalized spacial score (nSPS) is 41.6. The lowest BCUT2D eigenvalue weighted by molar-refractivity contribution is -0.0345. The van der Waals surface area contributed by atoms with Gasteiger partial charge in [0.05, 0.1) is 0 Å². The maximum Gasteiger partial charge on any atom is 0.312 e. The summed E-state index contributed by atoms with van der Waals surface area (Å²) < 4.78 is 0. The molecule has 0 spiro atoms. The second-order valence-electron chi connectivity index (χ2n) is 7.38. The smallest absolute Gasteiger partial charge is 0.312 e. The molecule has 1 aromatic carbocycles. The summed E-state index contributed by atoms with van der Waals surface area (Å²) in [6, 6.07) is 10.6. The van der Waals surface area contributed by atoms with Crippen molar-refractivity contribution in [1.29, 1.82) is 0 Å². The van der Waals surface area contributed by atoms with Crippen LogP contribution in [-0.2, 0) is 5.41 Å². The molecule has 0 radical (unpaired) electrons. The standard InChI is InChI=1S/C17H22N2O/c18-15(20)19-17-9-12-6-13(10-17)8-16(7-12,11-17)14-4-2-1-3-5-14/h1-5,12-13H,6-11H2,(H3,18,19,20). The molecule has 0 aromatic heterocycles. The van der Waals surface area contributed by atoms with Gasteiger partial charge in [0.2, 0.25) is 0 Å². The molecule has 3 heteroatoms. The highest BCUT2D eigenvalue weighted by atomic mass is 16.2. The number of carbonyl (C=O) groups is 1. The molecule has 0 heterocycles. The average molecular weight is 270 g/mol. The molecule has 20 heavy (non-hydrogen) atoms. The third kappa shape index (κ3) is 1.75. The summed E-state index contributed by atoms with van der Waals surface area (Å²) in [5, 5.41) is 3.12. The van der Waals surface area contributed by atoms with Crippen LogP contribution in [0.1, 0.15) is 44.1 Å². The molecule has 1 aromatic rings. The van der Waals surface area contributed by atoms with Crippen LogP contribution in [-0.4, -0.2) is 11.6 Å². The van der Waals surface area contributed by atoms with Crippen molar-refractivity contribution in [3.8, 4) is 0 Å². The van der Waals surface area contributed by atoms with Crippen molar-refractivity contribution in [2.75, 3.05) is 0 Å². The van der Waals surface area contributed by atoms with Gasteiger partial charge >= 0.3 is 6.03 Å². The number of nitrogens with one attached hydrogen (secondary N) is 1. The molecule has 4 aliphatic carbocycles. The Balaban J connectivity index is 1.74. The van der Waals surface area contributed by atoms with Crippen molar-refractivity contribution in [2.24, 2.45) is 17.6 Å². The first-order chi connectivity index (χ1) is 9.59. The number of benzene rings is 1. The molecule has 0 saturated heterocycles. The molecule has 106 valence electrons. The van der Waals surface area contributed by atoms with Gasteiger partial charge in [0.25, 0.3) is 0 Å². The summed E-state index contributed by atoms with van der Waals surface area (Å²) in [6.45, 7) is 0. The highest BCUT2D eigenvalue weighted by molar-refractivity contribution is 5.72. The van der Waals surface area contributed by atoms with Crippen LogP contribution in [0.5, 0.6) is 0 Å². The highest BCUT2D eigenvalue weighted by Crippen LogP contribution is 2.62. The molecule has 4 fully saturated rings. The monoisotopic (exact) mass is 270 g/mol. The van der Waals surface area contributed by atoms with Crippen molar-refractivity contribution >= 4 is 6.03 Å². The topological polar surface area (TPSA) is 55.1 Å². The Morgan fingerprint density at radius 3 is 2.35 bits per heavy atom. The number of amides is 2. The van der Waals surface area contributed by atoms with E-state index in [9.17, 15) is 4.79 Å². The summed E-state index contributed by atoms with van der Waals surface area (Å²) >= 11 is 0. The van der Waals surface area contributed by atoms with E-state index in [0.29, 0.717) is 0 Å². The Hall–Kier alpha value is -1.51. The molecule has 0 aliphatic heterocycles. The third-order valence-electron chi connectivity index (χ3n) is 5.84. The van der Waals surface area contributed by atoms with Gasteiger partial charge in [-0.15, -0.1) is 0 Å². The molecule has 3 N–H and O–H groups in total. The lowest BCUT2D eigenvalue weighted by atomic mass is 9.45. The van der Waals surface area contributed by atoms with Gasteiger partial charge in [0.1, 0.15) is 0 Å². The summed E-state index contributed by atoms with van der Waals surface area (Å²) in [6.07, 6.45) is 7.24. The van der Waals surface area contributed by atoms with Gasteiger partial charge < -0.3 is 11.1 Å². The van der Waals surface area contributed by atoms with Crippen molar-refractivity contribution in [3.05, 3.63) is 35.9 Å². The molecule has 2 unspecified atom stereocenters. The molecule has 5 rings (SSSR count). The predicted molar refractivity (Wildman–Crippen MR) is 78.3 cm³/mol. The predicted octanol–water partition coefficient (Wildman–Crippen LogP) is 2.95. The van der Waals surface area contributed by atoms with E-state index in [4.69, 9.17) is 5.73 Å². The van der Waals surface area contributed by atoms with Crippen LogP contribution in [0.3, 0.4) is 0 Å². The number of hydrogen-bond acceptors (Lipinski definition) is 1. The second kappa shape index (κ2) is 4.00. The zero-order chi connectivity index (χ0) is 13.8. The summed E-state index contributed by atoms with van der Waals surface area (Å²) in [5.74, 6) is 1.51. The number of hydrogen-bond donors (Lipinski definition) is 2. The first-order valence-corrected chi connectivity index (χ1v) is 7.72. The van der Waals surface area contributed by atoms with Crippen molar-refractivity contribution < 1.29 is 4.79 Å². The van der Waals surface area contributed by atoms with Gasteiger partial charge in [-0.05, 0) is 61.3 Å². The Bertz CT molecular complexity index is 525. The molecule has 4 saturated carbocycles. The summed E-state index contributed by atoms with van der Waals surface area (Å²) in [5.41, 5.74) is 7.14. The van der Waals surface area contributed by atoms with Crippen LogP contribution in [0.25, 0.3) is 0 Å². The summed E-state index contributed by atoms with van der Waals surface area (Å²) in [4.78, 5) is 11.4. The fourth-order valence-electron chi connectivity index (χ4n) is 5.80. The first-order valence-electron chi connectivity index (χ1n) is 7.72. The number of nitrogens with two attached hydrogens (primary N) is 1. The van der Waals surface area contributed by atoms with E-state index in [0.717, 1.165) is 31.1 Å². The van der Waals surface area contributed by atoms with Crippen molar-refractivity contribution in [3.63, 3.8) is 0 Å². The maximum absolute atomic E-state index is 11.4. The van der Waals surface area contributed by atoms with Crippen LogP contribution < -0.4 is 11.1 Å². The Kier molecular flexibility index (Phi) is 2.45. The van der Waals surface area contributed by atoms with Crippen LogP contribution >= 0.6 is 0 Å². The molecule has 4 bridgehead atoms. The van der Waals surface area contributed by atoms with Gasteiger partial charge in [-0.25, -0.2) is 4.79 Å². The van der Waals surface area contributed by atoms with Gasteiger partial charge in [-0.3, -0.25) is 0 Å². The average Bonchev–Trinajstić information content (AvgIpc) is 2.36. The second-order valence-corrected chi connectivity index (χ2v) is 7.38. The van der Waals surface area contributed by atoms with E-state index in [-0.39, 0.29) is 17.0 Å². The third-order valence-corrected chi connectivity index (χ3v) is 5.84. The van der Waals surface area contributed by atoms with E-state index in [1.54, 1.807) is 0 Å². The Morgan fingerprint density at radius 2 is 1.75 bits per heavy atom. The van der Waals surface area contributed by atoms with Gasteiger partial charge in [0, 0.05) is 5.54 Å². The summed E-state index contributed by atoms with van der Waals surface area (Å²) in [7, 11) is 0. The quantitative estimate of drug-likeness (QED) is 0.853. The highest BCUT2D eigenvalue weighted by Gasteiger charge is 2.58. The number of carbonyl (C=O) groups excluding carboxylic acids is 1. The van der Waals surface area contributed by atoms with E-state index >= 15 is 0 Å². The minimum Gasteiger partial charge on any atom is -0.352 e. The van der Waals surface area contributed by atoms with Crippen molar-refractivity contribution in [1.82, 2.24) is 5.32 Å². The molecule has 2 atom stereocenters. The SMILES string of the molecule is NC(=O)NC12CC3CC(C1)CC(c1ccccc1)(C3)C2. The molecule has 2 amide bonds. The molecular formula is C17H22N2O. The lowest BCUT2D eigenvalue weighted by Crippen LogP contribution is -2.65. The van der Waals surface area contributed by atoms with E-state index in [1.165, 1.54) is 24.8 Å². The number of primary amides is 1. The maximum atomic E-state index is 11.4. The van der Waals surface area contributed by atoms with Crippen LogP contribution in [0, 0.1) is 11.8 Å². The van der Waals surface area contributed by atoms with Gasteiger partial charge in [-0.2, -0.15) is 0 Å². The van der Waals surface area contributed by atoms with Crippen LogP contribution in [0.15, 0.2) is 30.3 Å². The fraction of sp³-hybridized carbons (Fsp3) is 0.588. The molecule has 4 aliphatic rings. The van der Waals surface area contributed by atoms with Gasteiger partial charge in [-0.1, -0.05) is 30.3 Å².